The maximum absolute atomic E-state index is 12.5. The van der Waals surface area contributed by atoms with Crippen LogP contribution < -0.4 is 5.32 Å². The van der Waals surface area contributed by atoms with Crippen LogP contribution in [0.5, 0.6) is 0 Å². The lowest BCUT2D eigenvalue weighted by atomic mass is 10.1. The Kier molecular flexibility index (Phi) is 6.29. The van der Waals surface area contributed by atoms with Crippen molar-refractivity contribution >= 4 is 35.1 Å². The molecule has 1 amide bonds. The number of nitrogens with one attached hydrogen (secondary N) is 1. The number of anilines is 1. The highest BCUT2D eigenvalue weighted by atomic mass is 32.2. The molecule has 0 bridgehead atoms. The summed E-state index contributed by atoms with van der Waals surface area (Å²) >= 11 is 1.17. The molecule has 1 N–H and O–H groups in total. The molecule has 3 rings (SSSR count). The molecule has 2 aromatic carbocycles. The molecule has 0 fully saturated rings. The van der Waals surface area contributed by atoms with E-state index in [4.69, 9.17) is 0 Å². The highest BCUT2D eigenvalue weighted by Crippen LogP contribution is 2.32. The zero-order valence-electron chi connectivity index (χ0n) is 14.9. The minimum absolute atomic E-state index is 0.157. The van der Waals surface area contributed by atoms with Crippen LogP contribution in [-0.2, 0) is 4.79 Å². The number of carbonyl (C=O) groups is 1. The third-order valence-electron chi connectivity index (χ3n) is 3.64. The Bertz CT molecular complexity index is 1110. The molecule has 9 heteroatoms. The molecule has 0 saturated heterocycles. The van der Waals surface area contributed by atoms with Gasteiger partial charge in [-0.05, 0) is 47.7 Å². The van der Waals surface area contributed by atoms with Gasteiger partial charge in [0.25, 0.3) is 11.6 Å². The number of amides is 1. The van der Waals surface area contributed by atoms with Crippen LogP contribution in [0.4, 0.5) is 11.4 Å². The van der Waals surface area contributed by atoms with Crippen molar-refractivity contribution in [1.82, 2.24) is 9.97 Å². The molecule has 0 unspecified atom stereocenters. The molecule has 0 aliphatic rings. The number of nitriles is 1. The minimum atomic E-state index is -0.614. The Morgan fingerprint density at radius 3 is 2.52 bits per heavy atom. The zero-order chi connectivity index (χ0) is 20.6. The van der Waals surface area contributed by atoms with Crippen LogP contribution in [0.1, 0.15) is 5.56 Å². The minimum Gasteiger partial charge on any atom is -0.321 e. The SMILES string of the molecule is N#C/C(=C\c1cc([N+](=O)[O-])ccc1Sc1ncccn1)C(=O)Nc1ccccc1. The first kappa shape index (κ1) is 19.7. The van der Waals surface area contributed by atoms with Crippen LogP contribution in [-0.4, -0.2) is 20.8 Å². The normalized spacial score (nSPS) is 10.8. The number of carbonyl (C=O) groups excluding carboxylic acids is 1. The van der Waals surface area contributed by atoms with Gasteiger partial charge in [0.1, 0.15) is 11.6 Å². The number of hydrogen-bond donors (Lipinski definition) is 1. The summed E-state index contributed by atoms with van der Waals surface area (Å²) in [6, 6.07) is 16.4. The van der Waals surface area contributed by atoms with Crippen molar-refractivity contribution in [3.63, 3.8) is 0 Å². The first-order chi connectivity index (χ1) is 14.1. The number of aromatic nitrogens is 2. The fourth-order valence-electron chi connectivity index (χ4n) is 2.32. The molecule has 8 nitrogen and oxygen atoms in total. The predicted octanol–water partition coefficient (Wildman–Crippen LogP) is 4.08. The third kappa shape index (κ3) is 5.24. The van der Waals surface area contributed by atoms with Crippen LogP contribution in [0.25, 0.3) is 6.08 Å². The van der Waals surface area contributed by atoms with E-state index in [0.717, 1.165) is 0 Å². The summed E-state index contributed by atoms with van der Waals surface area (Å²) in [4.78, 5) is 31.9. The van der Waals surface area contributed by atoms with Gasteiger partial charge in [-0.15, -0.1) is 0 Å². The predicted molar refractivity (Wildman–Crippen MR) is 108 cm³/mol. The standard InChI is InChI=1S/C20H13N5O3S/c21-13-15(19(26)24-16-5-2-1-3-6-16)11-14-12-17(25(27)28)7-8-18(14)29-20-22-9-4-10-23-20/h1-12H,(H,24,26)/b15-11+. The Hall–Kier alpha value is -4.03. The highest BCUT2D eigenvalue weighted by molar-refractivity contribution is 7.99. The van der Waals surface area contributed by atoms with Crippen LogP contribution >= 0.6 is 11.8 Å². The van der Waals surface area contributed by atoms with Crippen molar-refractivity contribution < 1.29 is 9.72 Å². The quantitative estimate of drug-likeness (QED) is 0.216. The lowest BCUT2D eigenvalue weighted by Gasteiger charge is -2.07. The summed E-state index contributed by atoms with van der Waals surface area (Å²) in [5.74, 6) is -0.614. The Morgan fingerprint density at radius 1 is 1.14 bits per heavy atom. The van der Waals surface area contributed by atoms with Crippen LogP contribution in [0.2, 0.25) is 0 Å². The summed E-state index contributed by atoms with van der Waals surface area (Å²) in [6.45, 7) is 0. The van der Waals surface area contributed by atoms with E-state index in [2.05, 4.69) is 15.3 Å². The van der Waals surface area contributed by atoms with E-state index in [0.29, 0.717) is 21.3 Å². The number of hydrogen-bond acceptors (Lipinski definition) is 7. The maximum Gasteiger partial charge on any atom is 0.270 e. The van der Waals surface area contributed by atoms with Crippen molar-refractivity contribution in [3.05, 3.63) is 88.2 Å². The number of nitro groups is 1. The monoisotopic (exact) mass is 403 g/mol. The Morgan fingerprint density at radius 2 is 1.86 bits per heavy atom. The van der Waals surface area contributed by atoms with Gasteiger partial charge in [-0.25, -0.2) is 9.97 Å². The summed E-state index contributed by atoms with van der Waals surface area (Å²) in [6.07, 6.45) is 4.46. The van der Waals surface area contributed by atoms with E-state index >= 15 is 0 Å². The van der Waals surface area contributed by atoms with Crippen LogP contribution in [0.15, 0.2) is 82.6 Å². The van der Waals surface area contributed by atoms with E-state index < -0.39 is 10.8 Å². The maximum atomic E-state index is 12.5. The average Bonchev–Trinajstić information content (AvgIpc) is 2.74. The summed E-state index contributed by atoms with van der Waals surface area (Å²) in [5.41, 5.74) is 0.530. The molecule has 0 spiro atoms. The Labute approximate surface area is 170 Å². The van der Waals surface area contributed by atoms with Gasteiger partial charge in [-0.3, -0.25) is 14.9 Å². The highest BCUT2D eigenvalue weighted by Gasteiger charge is 2.15. The molecule has 0 atom stereocenters. The zero-order valence-corrected chi connectivity index (χ0v) is 15.7. The van der Waals surface area contributed by atoms with Crippen LogP contribution in [0, 0.1) is 21.4 Å². The molecule has 0 saturated carbocycles. The van der Waals surface area contributed by atoms with Gasteiger partial charge < -0.3 is 5.32 Å². The van der Waals surface area contributed by atoms with E-state index in [1.54, 1.807) is 48.8 Å². The Balaban J connectivity index is 1.97. The molecule has 1 aromatic heterocycles. The smallest absolute Gasteiger partial charge is 0.270 e. The van der Waals surface area contributed by atoms with E-state index in [-0.39, 0.29) is 11.3 Å². The van der Waals surface area contributed by atoms with E-state index in [1.807, 2.05) is 6.07 Å². The van der Waals surface area contributed by atoms with Crippen LogP contribution in [0.3, 0.4) is 0 Å². The van der Waals surface area contributed by atoms with E-state index in [1.165, 1.54) is 36.0 Å². The summed E-state index contributed by atoms with van der Waals surface area (Å²) in [5, 5.41) is 23.7. The molecular weight excluding hydrogens is 390 g/mol. The number of nitro benzene ring substituents is 1. The van der Waals surface area contributed by atoms with E-state index in [9.17, 15) is 20.2 Å². The molecular formula is C20H13N5O3S. The number of rotatable bonds is 6. The fourth-order valence-corrected chi connectivity index (χ4v) is 3.11. The van der Waals surface area contributed by atoms with Gasteiger partial charge in [-0.2, -0.15) is 5.26 Å². The molecule has 1 heterocycles. The third-order valence-corrected chi connectivity index (χ3v) is 4.63. The van der Waals surface area contributed by atoms with Crippen molar-refractivity contribution in [2.45, 2.75) is 10.1 Å². The van der Waals surface area contributed by atoms with Gasteiger partial charge in [0.2, 0.25) is 0 Å². The topological polar surface area (TPSA) is 122 Å². The largest absolute Gasteiger partial charge is 0.321 e. The second-order valence-corrected chi connectivity index (χ2v) is 6.61. The molecule has 29 heavy (non-hydrogen) atoms. The number of para-hydroxylation sites is 1. The first-order valence-electron chi connectivity index (χ1n) is 8.28. The summed E-state index contributed by atoms with van der Waals surface area (Å²) < 4.78 is 0. The summed E-state index contributed by atoms with van der Waals surface area (Å²) in [7, 11) is 0. The van der Waals surface area contributed by atoms with Gasteiger partial charge in [0.15, 0.2) is 5.16 Å². The van der Waals surface area contributed by atoms with Gasteiger partial charge >= 0.3 is 0 Å². The molecule has 0 aliphatic carbocycles. The number of benzene rings is 2. The van der Waals surface area contributed by atoms with Crippen molar-refractivity contribution in [2.24, 2.45) is 0 Å². The lowest BCUT2D eigenvalue weighted by molar-refractivity contribution is -0.384. The second kappa shape index (κ2) is 9.25. The second-order valence-electron chi connectivity index (χ2n) is 5.60. The van der Waals surface area contributed by atoms with Crippen molar-refractivity contribution in [1.29, 1.82) is 5.26 Å². The first-order valence-corrected chi connectivity index (χ1v) is 9.10. The van der Waals surface area contributed by atoms with Gasteiger partial charge in [0.05, 0.1) is 4.92 Å². The van der Waals surface area contributed by atoms with Gasteiger partial charge in [0, 0.05) is 35.1 Å². The molecule has 0 aliphatic heterocycles. The fraction of sp³-hybridized carbons (Fsp3) is 0. The lowest BCUT2D eigenvalue weighted by Crippen LogP contribution is -2.13. The molecule has 142 valence electrons. The molecule has 0 radical (unpaired) electrons. The average molecular weight is 403 g/mol. The molecule has 3 aromatic rings. The number of non-ortho nitro benzene ring substituents is 1. The van der Waals surface area contributed by atoms with Gasteiger partial charge in [-0.1, -0.05) is 18.2 Å². The number of nitrogens with zero attached hydrogens (tertiary/aromatic N) is 4. The van der Waals surface area contributed by atoms with Crippen molar-refractivity contribution in [2.75, 3.05) is 5.32 Å². The van der Waals surface area contributed by atoms with Crippen molar-refractivity contribution in [3.8, 4) is 6.07 Å².